The molecule has 0 aliphatic carbocycles. The number of hydrogen-bond donors (Lipinski definition) is 2. The van der Waals surface area contributed by atoms with E-state index in [1.807, 2.05) is 55.5 Å². The quantitative estimate of drug-likeness (QED) is 0.757. The second kappa shape index (κ2) is 6.17. The molecule has 0 amide bonds. The third kappa shape index (κ3) is 3.01. The molecule has 0 bridgehead atoms. The summed E-state index contributed by atoms with van der Waals surface area (Å²) >= 11 is 0. The van der Waals surface area contributed by atoms with Crippen molar-refractivity contribution < 1.29 is 8.42 Å². The first-order valence-electron chi connectivity index (χ1n) is 8.38. The molecule has 2 N–H and O–H groups in total. The van der Waals surface area contributed by atoms with E-state index < -0.39 is 10.0 Å². The lowest BCUT2D eigenvalue weighted by molar-refractivity contribution is 0.602. The Morgan fingerprint density at radius 2 is 1.76 bits per heavy atom. The molecule has 0 spiro atoms. The van der Waals surface area contributed by atoms with Gasteiger partial charge in [0.05, 0.1) is 4.90 Å². The van der Waals surface area contributed by atoms with Gasteiger partial charge in [-0.3, -0.25) is 4.72 Å². The summed E-state index contributed by atoms with van der Waals surface area (Å²) in [5.41, 5.74) is 4.11. The fourth-order valence-electron chi connectivity index (χ4n) is 3.41. The number of benzene rings is 3. The topological polar surface area (TPSA) is 58.2 Å². The van der Waals surface area contributed by atoms with Gasteiger partial charge in [-0.2, -0.15) is 0 Å². The summed E-state index contributed by atoms with van der Waals surface area (Å²) in [7, 11) is -3.65. The van der Waals surface area contributed by atoms with Crippen LogP contribution in [0.25, 0.3) is 10.8 Å². The standard InChI is InChI=1S/C20H20N2O2S/c1-14-6-9-20(19-5-3-2-4-18(14)19)25(23,24)22-17-8-7-16-13-21-11-10-15(16)12-17/h2-9,12,21-22H,10-11,13H2,1H3. The molecule has 128 valence electrons. The molecule has 0 atom stereocenters. The summed E-state index contributed by atoms with van der Waals surface area (Å²) in [4.78, 5) is 0.313. The van der Waals surface area contributed by atoms with E-state index in [1.54, 1.807) is 6.07 Å². The number of anilines is 1. The molecule has 0 saturated heterocycles. The normalized spacial score (nSPS) is 14.3. The van der Waals surface area contributed by atoms with E-state index in [2.05, 4.69) is 10.0 Å². The molecular formula is C20H20N2O2S. The van der Waals surface area contributed by atoms with Crippen molar-refractivity contribution in [2.75, 3.05) is 11.3 Å². The second-order valence-electron chi connectivity index (χ2n) is 6.44. The van der Waals surface area contributed by atoms with Gasteiger partial charge in [-0.15, -0.1) is 0 Å². The monoisotopic (exact) mass is 352 g/mol. The summed E-state index contributed by atoms with van der Waals surface area (Å²) in [6.07, 6.45) is 0.915. The Morgan fingerprint density at radius 3 is 2.60 bits per heavy atom. The summed E-state index contributed by atoms with van der Waals surface area (Å²) in [5, 5.41) is 5.03. The average molecular weight is 352 g/mol. The third-order valence-electron chi connectivity index (χ3n) is 4.74. The lowest BCUT2D eigenvalue weighted by Gasteiger charge is -2.18. The van der Waals surface area contributed by atoms with E-state index in [4.69, 9.17) is 0 Å². The molecule has 0 saturated carbocycles. The van der Waals surface area contributed by atoms with Crippen molar-refractivity contribution in [1.82, 2.24) is 5.32 Å². The number of aryl methyl sites for hydroxylation is 1. The van der Waals surface area contributed by atoms with Crippen molar-refractivity contribution >= 4 is 26.5 Å². The Bertz CT molecular complexity index is 1060. The van der Waals surface area contributed by atoms with Gasteiger partial charge in [-0.05, 0) is 60.2 Å². The minimum atomic E-state index is -3.65. The molecule has 4 nitrogen and oxygen atoms in total. The van der Waals surface area contributed by atoms with Gasteiger partial charge in [0, 0.05) is 17.6 Å². The van der Waals surface area contributed by atoms with E-state index in [1.165, 1.54) is 11.1 Å². The van der Waals surface area contributed by atoms with Gasteiger partial charge < -0.3 is 5.32 Å². The highest BCUT2D eigenvalue weighted by atomic mass is 32.2. The highest BCUT2D eigenvalue weighted by Gasteiger charge is 2.19. The number of sulfonamides is 1. The summed E-state index contributed by atoms with van der Waals surface area (Å²) < 4.78 is 28.7. The molecule has 1 aliphatic heterocycles. The van der Waals surface area contributed by atoms with Gasteiger partial charge in [-0.25, -0.2) is 8.42 Å². The van der Waals surface area contributed by atoms with Gasteiger partial charge >= 0.3 is 0 Å². The maximum Gasteiger partial charge on any atom is 0.262 e. The molecule has 4 rings (SSSR count). The lowest BCUT2D eigenvalue weighted by Crippen LogP contribution is -2.23. The fourth-order valence-corrected chi connectivity index (χ4v) is 4.67. The first-order chi connectivity index (χ1) is 12.0. The first kappa shape index (κ1) is 16.1. The maximum absolute atomic E-state index is 13.0. The Kier molecular flexibility index (Phi) is 3.98. The Morgan fingerprint density at radius 1 is 0.960 bits per heavy atom. The van der Waals surface area contributed by atoms with E-state index in [9.17, 15) is 8.42 Å². The summed E-state index contributed by atoms with van der Waals surface area (Å²) in [5.74, 6) is 0. The predicted octanol–water partition coefficient (Wildman–Crippen LogP) is 3.59. The van der Waals surface area contributed by atoms with Crippen LogP contribution in [0.2, 0.25) is 0 Å². The van der Waals surface area contributed by atoms with Crippen LogP contribution < -0.4 is 10.0 Å². The van der Waals surface area contributed by atoms with Crippen molar-refractivity contribution in [2.24, 2.45) is 0 Å². The van der Waals surface area contributed by atoms with Crippen LogP contribution in [0, 0.1) is 6.92 Å². The Labute approximate surface area is 147 Å². The zero-order valence-electron chi connectivity index (χ0n) is 14.0. The minimum absolute atomic E-state index is 0.313. The smallest absolute Gasteiger partial charge is 0.262 e. The summed E-state index contributed by atoms with van der Waals surface area (Å²) in [6.45, 7) is 3.75. The van der Waals surface area contributed by atoms with Crippen LogP contribution >= 0.6 is 0 Å². The molecule has 0 radical (unpaired) electrons. The lowest BCUT2D eigenvalue weighted by atomic mass is 10.0. The van der Waals surface area contributed by atoms with Crippen LogP contribution in [0.4, 0.5) is 5.69 Å². The molecular weight excluding hydrogens is 332 g/mol. The zero-order chi connectivity index (χ0) is 17.4. The molecule has 5 heteroatoms. The van der Waals surface area contributed by atoms with Crippen molar-refractivity contribution in [1.29, 1.82) is 0 Å². The molecule has 0 fully saturated rings. The van der Waals surface area contributed by atoms with Crippen molar-refractivity contribution in [3.8, 4) is 0 Å². The first-order valence-corrected chi connectivity index (χ1v) is 9.87. The maximum atomic E-state index is 13.0. The molecule has 25 heavy (non-hydrogen) atoms. The van der Waals surface area contributed by atoms with Crippen LogP contribution in [-0.4, -0.2) is 15.0 Å². The van der Waals surface area contributed by atoms with Crippen molar-refractivity contribution in [2.45, 2.75) is 24.8 Å². The van der Waals surface area contributed by atoms with E-state index in [0.29, 0.717) is 10.6 Å². The van der Waals surface area contributed by atoms with Crippen LogP contribution in [0.5, 0.6) is 0 Å². The highest BCUT2D eigenvalue weighted by molar-refractivity contribution is 7.93. The second-order valence-corrected chi connectivity index (χ2v) is 8.09. The van der Waals surface area contributed by atoms with Crippen LogP contribution in [0.15, 0.2) is 59.5 Å². The molecule has 0 unspecified atom stereocenters. The van der Waals surface area contributed by atoms with Gasteiger partial charge in [-0.1, -0.05) is 36.4 Å². The van der Waals surface area contributed by atoms with Gasteiger partial charge in [0.2, 0.25) is 0 Å². The minimum Gasteiger partial charge on any atom is -0.312 e. The van der Waals surface area contributed by atoms with Gasteiger partial charge in [0.25, 0.3) is 10.0 Å². The van der Waals surface area contributed by atoms with E-state index in [0.717, 1.165) is 35.8 Å². The van der Waals surface area contributed by atoms with E-state index >= 15 is 0 Å². The highest BCUT2D eigenvalue weighted by Crippen LogP contribution is 2.28. The van der Waals surface area contributed by atoms with Crippen LogP contribution in [0.1, 0.15) is 16.7 Å². The zero-order valence-corrected chi connectivity index (χ0v) is 14.9. The Balaban J connectivity index is 1.75. The largest absolute Gasteiger partial charge is 0.312 e. The van der Waals surface area contributed by atoms with Crippen LogP contribution in [-0.2, 0) is 23.0 Å². The van der Waals surface area contributed by atoms with E-state index in [-0.39, 0.29) is 0 Å². The molecule has 0 aromatic heterocycles. The van der Waals surface area contributed by atoms with Crippen molar-refractivity contribution in [3.05, 3.63) is 71.3 Å². The van der Waals surface area contributed by atoms with Gasteiger partial charge in [0.15, 0.2) is 0 Å². The van der Waals surface area contributed by atoms with Gasteiger partial charge in [0.1, 0.15) is 0 Å². The molecule has 1 heterocycles. The number of hydrogen-bond acceptors (Lipinski definition) is 3. The number of nitrogens with one attached hydrogen (secondary N) is 2. The SMILES string of the molecule is Cc1ccc(S(=O)(=O)Nc2ccc3c(c2)CCNC3)c2ccccc12. The number of rotatable bonds is 3. The fraction of sp³-hybridized carbons (Fsp3) is 0.200. The molecule has 1 aliphatic rings. The molecule has 3 aromatic rings. The van der Waals surface area contributed by atoms with Crippen LogP contribution in [0.3, 0.4) is 0 Å². The third-order valence-corrected chi connectivity index (χ3v) is 6.18. The number of fused-ring (bicyclic) bond motifs is 2. The summed E-state index contributed by atoms with van der Waals surface area (Å²) in [6, 6.07) is 16.9. The average Bonchev–Trinajstić information content (AvgIpc) is 2.61. The molecule has 3 aromatic carbocycles. The Hall–Kier alpha value is -2.37. The predicted molar refractivity (Wildman–Crippen MR) is 101 cm³/mol. The van der Waals surface area contributed by atoms with Crippen molar-refractivity contribution in [3.63, 3.8) is 0 Å².